The highest BCUT2D eigenvalue weighted by atomic mass is 35.5. The van der Waals surface area contributed by atoms with Crippen molar-refractivity contribution in [3.63, 3.8) is 0 Å². The van der Waals surface area contributed by atoms with Crippen LogP contribution in [-0.4, -0.2) is 16.1 Å². The molecule has 1 aromatic heterocycles. The summed E-state index contributed by atoms with van der Waals surface area (Å²) in [6.07, 6.45) is 3.61. The number of nitrogens with one attached hydrogen (secondary N) is 1. The molecule has 0 spiro atoms. The van der Waals surface area contributed by atoms with Gasteiger partial charge in [0.2, 0.25) is 0 Å². The molecule has 0 aliphatic carbocycles. The van der Waals surface area contributed by atoms with E-state index in [4.69, 9.17) is 11.6 Å². The minimum absolute atomic E-state index is 0.165. The summed E-state index contributed by atoms with van der Waals surface area (Å²) in [5.41, 5.74) is 2.50. The van der Waals surface area contributed by atoms with E-state index in [9.17, 15) is 4.79 Å². The summed E-state index contributed by atoms with van der Waals surface area (Å²) in [5, 5.41) is 4.87. The zero-order chi connectivity index (χ0) is 17.2. The molecular formula is C19H12ClN3OS. The van der Waals surface area contributed by atoms with E-state index in [1.165, 1.54) is 11.8 Å². The van der Waals surface area contributed by atoms with Crippen molar-refractivity contribution in [1.82, 2.24) is 10.3 Å². The Balaban J connectivity index is 1.63. The number of rotatable bonds is 2. The van der Waals surface area contributed by atoms with Crippen LogP contribution in [0.15, 0.2) is 70.7 Å². The monoisotopic (exact) mass is 365 g/mol. The van der Waals surface area contributed by atoms with E-state index < -0.39 is 0 Å². The lowest BCUT2D eigenvalue weighted by Crippen LogP contribution is -2.19. The van der Waals surface area contributed by atoms with Crippen molar-refractivity contribution in [2.45, 2.75) is 0 Å². The SMILES string of the molecule is O=C1NC(=Nc2ccccc2Cl)SC1=Cc1ccc2ncccc2c1. The predicted octanol–water partition coefficient (Wildman–Crippen LogP) is 4.78. The number of hydrogen-bond donors (Lipinski definition) is 1. The van der Waals surface area contributed by atoms with Gasteiger partial charge in [-0.15, -0.1) is 0 Å². The van der Waals surface area contributed by atoms with Gasteiger partial charge in [-0.1, -0.05) is 35.9 Å². The van der Waals surface area contributed by atoms with Crippen LogP contribution in [0.25, 0.3) is 17.0 Å². The maximum atomic E-state index is 12.2. The highest BCUT2D eigenvalue weighted by Crippen LogP contribution is 2.31. The maximum absolute atomic E-state index is 12.2. The van der Waals surface area contributed by atoms with Crippen molar-refractivity contribution < 1.29 is 4.79 Å². The number of aliphatic imine (C=N–C) groups is 1. The number of pyridine rings is 1. The molecule has 0 unspecified atom stereocenters. The van der Waals surface area contributed by atoms with Gasteiger partial charge in [0, 0.05) is 11.6 Å². The molecule has 0 bridgehead atoms. The number of aromatic nitrogens is 1. The van der Waals surface area contributed by atoms with Gasteiger partial charge in [0.25, 0.3) is 5.91 Å². The van der Waals surface area contributed by atoms with Crippen LogP contribution in [0.1, 0.15) is 5.56 Å². The van der Waals surface area contributed by atoms with Crippen molar-refractivity contribution in [2.75, 3.05) is 0 Å². The fourth-order valence-electron chi connectivity index (χ4n) is 2.47. The number of carbonyl (C=O) groups is 1. The Labute approximate surface area is 153 Å². The predicted molar refractivity (Wildman–Crippen MR) is 104 cm³/mol. The molecular weight excluding hydrogens is 354 g/mol. The fourth-order valence-corrected chi connectivity index (χ4v) is 3.48. The number of halogens is 1. The Morgan fingerprint density at radius 3 is 2.88 bits per heavy atom. The first-order chi connectivity index (χ1) is 12.2. The number of nitrogens with zero attached hydrogens (tertiary/aromatic N) is 2. The molecule has 2 heterocycles. The number of amidine groups is 1. The highest BCUT2D eigenvalue weighted by Gasteiger charge is 2.24. The van der Waals surface area contributed by atoms with Crippen LogP contribution >= 0.6 is 23.4 Å². The molecule has 122 valence electrons. The minimum atomic E-state index is -0.165. The van der Waals surface area contributed by atoms with Gasteiger partial charge in [-0.05, 0) is 53.7 Å². The van der Waals surface area contributed by atoms with E-state index in [-0.39, 0.29) is 5.91 Å². The molecule has 1 amide bonds. The lowest BCUT2D eigenvalue weighted by atomic mass is 10.1. The van der Waals surface area contributed by atoms with Crippen LogP contribution < -0.4 is 5.32 Å². The van der Waals surface area contributed by atoms with Crippen molar-refractivity contribution in [3.05, 3.63) is 76.3 Å². The van der Waals surface area contributed by atoms with Gasteiger partial charge in [-0.3, -0.25) is 9.78 Å². The Morgan fingerprint density at radius 1 is 1.12 bits per heavy atom. The number of para-hydroxylation sites is 1. The number of amides is 1. The first-order valence-corrected chi connectivity index (χ1v) is 8.77. The van der Waals surface area contributed by atoms with Crippen molar-refractivity contribution in [3.8, 4) is 0 Å². The maximum Gasteiger partial charge on any atom is 0.264 e. The molecule has 1 saturated heterocycles. The molecule has 25 heavy (non-hydrogen) atoms. The third kappa shape index (κ3) is 3.43. The van der Waals surface area contributed by atoms with Gasteiger partial charge in [0.15, 0.2) is 5.17 Å². The summed E-state index contributed by atoms with van der Waals surface area (Å²) < 4.78 is 0. The Hall–Kier alpha value is -2.63. The van der Waals surface area contributed by atoms with E-state index in [0.717, 1.165) is 16.5 Å². The minimum Gasteiger partial charge on any atom is -0.300 e. The third-order valence-corrected chi connectivity index (χ3v) is 4.88. The smallest absolute Gasteiger partial charge is 0.264 e. The molecule has 0 radical (unpaired) electrons. The summed E-state index contributed by atoms with van der Waals surface area (Å²) in [6, 6.07) is 17.0. The molecule has 0 atom stereocenters. The molecule has 4 nitrogen and oxygen atoms in total. The van der Waals surface area contributed by atoms with Crippen molar-refractivity contribution in [1.29, 1.82) is 0 Å². The van der Waals surface area contributed by atoms with E-state index >= 15 is 0 Å². The van der Waals surface area contributed by atoms with E-state index in [1.807, 2.05) is 48.5 Å². The lowest BCUT2D eigenvalue weighted by molar-refractivity contribution is -0.115. The van der Waals surface area contributed by atoms with Crippen LogP contribution in [0.4, 0.5) is 5.69 Å². The normalized spacial score (nSPS) is 17.4. The topological polar surface area (TPSA) is 54.4 Å². The van der Waals surface area contributed by atoms with Gasteiger partial charge in [0.1, 0.15) is 0 Å². The molecule has 1 fully saturated rings. The quantitative estimate of drug-likeness (QED) is 0.665. The summed E-state index contributed by atoms with van der Waals surface area (Å²) >= 11 is 7.41. The molecule has 3 aromatic rings. The first kappa shape index (κ1) is 15.9. The number of benzene rings is 2. The number of fused-ring (bicyclic) bond motifs is 1. The number of hydrogen-bond acceptors (Lipinski definition) is 4. The van der Waals surface area contributed by atoms with Gasteiger partial charge in [-0.2, -0.15) is 0 Å². The van der Waals surface area contributed by atoms with E-state index in [1.54, 1.807) is 18.3 Å². The van der Waals surface area contributed by atoms with Gasteiger partial charge in [-0.25, -0.2) is 4.99 Å². The van der Waals surface area contributed by atoms with Gasteiger partial charge >= 0.3 is 0 Å². The molecule has 2 aromatic carbocycles. The second-order valence-electron chi connectivity index (χ2n) is 5.39. The first-order valence-electron chi connectivity index (χ1n) is 7.58. The van der Waals surface area contributed by atoms with Gasteiger partial charge in [0.05, 0.1) is 21.1 Å². The van der Waals surface area contributed by atoms with Crippen LogP contribution in [0, 0.1) is 0 Å². The summed E-state index contributed by atoms with van der Waals surface area (Å²) in [7, 11) is 0. The third-order valence-electron chi connectivity index (χ3n) is 3.65. The average molecular weight is 366 g/mol. The zero-order valence-electron chi connectivity index (χ0n) is 12.9. The Kier molecular flexibility index (Phi) is 4.26. The Morgan fingerprint density at radius 2 is 2.00 bits per heavy atom. The summed E-state index contributed by atoms with van der Waals surface area (Å²) in [6.45, 7) is 0. The lowest BCUT2D eigenvalue weighted by Gasteiger charge is -1.99. The highest BCUT2D eigenvalue weighted by molar-refractivity contribution is 8.18. The molecule has 4 rings (SSSR count). The summed E-state index contributed by atoms with van der Waals surface area (Å²) in [4.78, 5) is 21.5. The standard InChI is InChI=1S/C19H12ClN3OS/c20-14-5-1-2-6-16(14)22-19-23-18(24)17(25-19)11-12-7-8-15-13(10-12)4-3-9-21-15/h1-11H,(H,22,23,24). The van der Waals surface area contributed by atoms with Crippen LogP contribution in [0.2, 0.25) is 5.02 Å². The van der Waals surface area contributed by atoms with Crippen LogP contribution in [0.5, 0.6) is 0 Å². The van der Waals surface area contributed by atoms with Gasteiger partial charge < -0.3 is 5.32 Å². The molecule has 1 aliphatic rings. The largest absolute Gasteiger partial charge is 0.300 e. The molecule has 1 N–H and O–H groups in total. The molecule has 6 heteroatoms. The molecule has 1 aliphatic heterocycles. The van der Waals surface area contributed by atoms with E-state index in [2.05, 4.69) is 15.3 Å². The Bertz CT molecular complexity index is 1050. The molecule has 0 saturated carbocycles. The van der Waals surface area contributed by atoms with Crippen molar-refractivity contribution >= 4 is 57.1 Å². The fraction of sp³-hybridized carbons (Fsp3) is 0. The second kappa shape index (κ2) is 6.70. The average Bonchev–Trinajstić information content (AvgIpc) is 2.96. The van der Waals surface area contributed by atoms with Crippen LogP contribution in [-0.2, 0) is 4.79 Å². The van der Waals surface area contributed by atoms with E-state index in [0.29, 0.717) is 20.8 Å². The second-order valence-corrected chi connectivity index (χ2v) is 6.83. The number of carbonyl (C=O) groups excluding carboxylic acids is 1. The van der Waals surface area contributed by atoms with Crippen molar-refractivity contribution in [2.24, 2.45) is 4.99 Å². The summed E-state index contributed by atoms with van der Waals surface area (Å²) in [5.74, 6) is -0.165. The van der Waals surface area contributed by atoms with Crippen LogP contribution in [0.3, 0.4) is 0 Å². The number of thioether (sulfide) groups is 1. The zero-order valence-corrected chi connectivity index (χ0v) is 14.5.